The molecule has 1 amide bonds. The minimum atomic E-state index is -0.561. The predicted octanol–water partition coefficient (Wildman–Crippen LogP) is 6.29. The maximum atomic E-state index is 13.5. The van der Waals surface area contributed by atoms with E-state index in [0.717, 1.165) is 30.5 Å². The molecular formula is C31H35NO5. The highest BCUT2D eigenvalue weighted by Gasteiger charge is 2.28. The Morgan fingerprint density at radius 2 is 1.68 bits per heavy atom. The third-order valence-corrected chi connectivity index (χ3v) is 6.87. The highest BCUT2D eigenvalue weighted by molar-refractivity contribution is 6.06. The maximum absolute atomic E-state index is 13.5. The van der Waals surface area contributed by atoms with Crippen molar-refractivity contribution in [2.24, 2.45) is 5.41 Å². The topological polar surface area (TPSA) is 76.1 Å². The SMILES string of the molecule is CCN(C(=O)c1ccc(O)cc1)c1cc(OC)ccc1[C@@H]1CCc2cc(OC(=O)C(C)(C)C)ccc2C1. The van der Waals surface area contributed by atoms with E-state index in [4.69, 9.17) is 9.47 Å². The van der Waals surface area contributed by atoms with Gasteiger partial charge < -0.3 is 19.5 Å². The summed E-state index contributed by atoms with van der Waals surface area (Å²) in [6.07, 6.45) is 2.59. The summed E-state index contributed by atoms with van der Waals surface area (Å²) in [7, 11) is 1.62. The number of amides is 1. The van der Waals surface area contributed by atoms with Gasteiger partial charge >= 0.3 is 5.97 Å². The van der Waals surface area contributed by atoms with E-state index in [9.17, 15) is 14.7 Å². The van der Waals surface area contributed by atoms with E-state index in [1.165, 1.54) is 23.3 Å². The zero-order valence-electron chi connectivity index (χ0n) is 22.2. The molecule has 0 bridgehead atoms. The van der Waals surface area contributed by atoms with Crippen molar-refractivity contribution in [2.75, 3.05) is 18.6 Å². The molecule has 0 fully saturated rings. The number of nitrogens with zero attached hydrogens (tertiary/aromatic N) is 1. The highest BCUT2D eigenvalue weighted by atomic mass is 16.5. The van der Waals surface area contributed by atoms with Gasteiger partial charge in [0, 0.05) is 18.2 Å². The highest BCUT2D eigenvalue weighted by Crippen LogP contribution is 2.40. The number of carbonyl (C=O) groups is 2. The third-order valence-electron chi connectivity index (χ3n) is 6.87. The third kappa shape index (κ3) is 5.79. The fraction of sp³-hybridized carbons (Fsp3) is 0.355. The molecule has 4 rings (SSSR count). The Hall–Kier alpha value is -3.80. The van der Waals surface area contributed by atoms with Gasteiger partial charge in [0.1, 0.15) is 17.2 Å². The number of hydrogen-bond acceptors (Lipinski definition) is 5. The van der Waals surface area contributed by atoms with Crippen LogP contribution < -0.4 is 14.4 Å². The van der Waals surface area contributed by atoms with Crippen LogP contribution in [0.1, 0.15) is 67.1 Å². The molecule has 6 nitrogen and oxygen atoms in total. The average molecular weight is 502 g/mol. The number of anilines is 1. The second kappa shape index (κ2) is 10.7. The van der Waals surface area contributed by atoms with Gasteiger partial charge in [-0.05, 0) is 112 Å². The van der Waals surface area contributed by atoms with Gasteiger partial charge in [0.25, 0.3) is 5.91 Å². The van der Waals surface area contributed by atoms with E-state index in [1.807, 2.05) is 52.0 Å². The molecule has 1 aliphatic carbocycles. The lowest BCUT2D eigenvalue weighted by atomic mass is 9.79. The Labute approximate surface area is 218 Å². The number of carbonyl (C=O) groups excluding carboxylic acids is 2. The van der Waals surface area contributed by atoms with Gasteiger partial charge in [-0.15, -0.1) is 0 Å². The van der Waals surface area contributed by atoms with Crippen LogP contribution in [0.2, 0.25) is 0 Å². The summed E-state index contributed by atoms with van der Waals surface area (Å²) in [5.41, 5.74) is 4.31. The number of benzene rings is 3. The largest absolute Gasteiger partial charge is 0.508 e. The molecule has 6 heteroatoms. The molecule has 0 aromatic heterocycles. The van der Waals surface area contributed by atoms with Crippen molar-refractivity contribution in [2.45, 2.75) is 52.9 Å². The standard InChI is InChI=1S/C31H35NO5/c1-6-32(29(34)20-9-12-24(33)13-10-20)28-19-25(36-5)15-16-27(28)23-8-7-22-18-26(14-11-21(22)17-23)37-30(35)31(2,3)4/h9-16,18-19,23,33H,6-8,17H2,1-5H3/t23-/m1/s1. The molecule has 0 heterocycles. The number of rotatable bonds is 6. The summed E-state index contributed by atoms with van der Waals surface area (Å²) >= 11 is 0. The van der Waals surface area contributed by atoms with Crippen LogP contribution in [0.4, 0.5) is 5.69 Å². The van der Waals surface area contributed by atoms with Gasteiger partial charge in [-0.1, -0.05) is 12.1 Å². The minimum Gasteiger partial charge on any atom is -0.508 e. The zero-order valence-corrected chi connectivity index (χ0v) is 22.2. The molecule has 1 atom stereocenters. The van der Waals surface area contributed by atoms with E-state index in [-0.39, 0.29) is 23.5 Å². The second-order valence-electron chi connectivity index (χ2n) is 10.5. The Bertz CT molecular complexity index is 1290. The summed E-state index contributed by atoms with van der Waals surface area (Å²) in [4.78, 5) is 27.6. The quantitative estimate of drug-likeness (QED) is 0.317. The summed E-state index contributed by atoms with van der Waals surface area (Å²) in [5, 5.41) is 9.64. The van der Waals surface area contributed by atoms with Gasteiger partial charge in [0.2, 0.25) is 0 Å². The Balaban J connectivity index is 1.63. The number of esters is 1. The van der Waals surface area contributed by atoms with E-state index in [0.29, 0.717) is 23.6 Å². The van der Waals surface area contributed by atoms with Gasteiger partial charge in [-0.2, -0.15) is 0 Å². The van der Waals surface area contributed by atoms with Crippen LogP contribution >= 0.6 is 0 Å². The molecule has 0 radical (unpaired) electrons. The molecular weight excluding hydrogens is 466 g/mol. The molecule has 3 aromatic rings. The fourth-order valence-corrected chi connectivity index (χ4v) is 4.73. The minimum absolute atomic E-state index is 0.124. The van der Waals surface area contributed by atoms with Gasteiger partial charge in [-0.3, -0.25) is 9.59 Å². The van der Waals surface area contributed by atoms with Crippen LogP contribution in [0.5, 0.6) is 17.2 Å². The molecule has 3 aromatic carbocycles. The number of phenolic OH excluding ortho intramolecular Hbond substituents is 1. The lowest BCUT2D eigenvalue weighted by Gasteiger charge is -2.31. The summed E-state index contributed by atoms with van der Waals surface area (Å²) in [5.74, 6) is 1.24. The number of phenols is 1. The first-order valence-electron chi connectivity index (χ1n) is 12.7. The van der Waals surface area contributed by atoms with Crippen LogP contribution in [0.15, 0.2) is 60.7 Å². The first-order chi connectivity index (χ1) is 17.6. The molecule has 0 saturated heterocycles. The van der Waals surface area contributed by atoms with E-state index >= 15 is 0 Å². The lowest BCUT2D eigenvalue weighted by molar-refractivity contribution is -0.143. The van der Waals surface area contributed by atoms with Crippen LogP contribution in [0.25, 0.3) is 0 Å². The first-order valence-corrected chi connectivity index (χ1v) is 12.7. The zero-order chi connectivity index (χ0) is 26.7. The summed E-state index contributed by atoms with van der Waals surface area (Å²) < 4.78 is 11.1. The molecule has 0 unspecified atom stereocenters. The van der Waals surface area contributed by atoms with Crippen molar-refractivity contribution in [3.63, 3.8) is 0 Å². The summed E-state index contributed by atoms with van der Waals surface area (Å²) in [6, 6.07) is 18.2. The van der Waals surface area contributed by atoms with Gasteiger partial charge in [-0.25, -0.2) is 0 Å². The average Bonchev–Trinajstić information content (AvgIpc) is 2.88. The fourth-order valence-electron chi connectivity index (χ4n) is 4.73. The number of fused-ring (bicyclic) bond motifs is 1. The predicted molar refractivity (Wildman–Crippen MR) is 145 cm³/mol. The normalized spacial score (nSPS) is 15.0. The van der Waals surface area contributed by atoms with Crippen molar-refractivity contribution >= 4 is 17.6 Å². The summed E-state index contributed by atoms with van der Waals surface area (Å²) in [6.45, 7) is 7.98. The van der Waals surface area contributed by atoms with Gasteiger partial charge in [0.05, 0.1) is 18.2 Å². The van der Waals surface area contributed by atoms with Crippen LogP contribution in [-0.2, 0) is 17.6 Å². The van der Waals surface area contributed by atoms with Crippen molar-refractivity contribution in [3.8, 4) is 17.2 Å². The molecule has 1 aliphatic rings. The molecule has 194 valence electrons. The number of methoxy groups -OCH3 is 1. The Kier molecular flexibility index (Phi) is 7.58. The van der Waals surface area contributed by atoms with E-state index < -0.39 is 5.41 Å². The Morgan fingerprint density at radius 1 is 0.973 bits per heavy atom. The van der Waals surface area contributed by atoms with Crippen molar-refractivity contribution in [1.29, 1.82) is 0 Å². The number of aryl methyl sites for hydroxylation is 1. The van der Waals surface area contributed by atoms with Crippen molar-refractivity contribution < 1.29 is 24.2 Å². The van der Waals surface area contributed by atoms with Crippen LogP contribution in [0, 0.1) is 5.41 Å². The molecule has 1 N–H and O–H groups in total. The smallest absolute Gasteiger partial charge is 0.316 e. The molecule has 0 aliphatic heterocycles. The second-order valence-corrected chi connectivity index (χ2v) is 10.5. The van der Waals surface area contributed by atoms with Crippen LogP contribution in [0.3, 0.4) is 0 Å². The lowest BCUT2D eigenvalue weighted by Crippen LogP contribution is -2.32. The number of aromatic hydroxyl groups is 1. The number of hydrogen-bond donors (Lipinski definition) is 1. The van der Waals surface area contributed by atoms with Crippen LogP contribution in [-0.4, -0.2) is 30.6 Å². The maximum Gasteiger partial charge on any atom is 0.316 e. The van der Waals surface area contributed by atoms with Crippen molar-refractivity contribution in [1.82, 2.24) is 0 Å². The molecule has 0 spiro atoms. The monoisotopic (exact) mass is 501 g/mol. The van der Waals surface area contributed by atoms with E-state index in [2.05, 4.69) is 12.1 Å². The van der Waals surface area contributed by atoms with Gasteiger partial charge in [0.15, 0.2) is 0 Å². The van der Waals surface area contributed by atoms with Crippen molar-refractivity contribution in [3.05, 3.63) is 82.9 Å². The molecule has 0 saturated carbocycles. The number of ether oxygens (including phenoxy) is 2. The molecule has 37 heavy (non-hydrogen) atoms. The first kappa shape index (κ1) is 26.3. The Morgan fingerprint density at radius 3 is 2.32 bits per heavy atom. The van der Waals surface area contributed by atoms with E-state index in [1.54, 1.807) is 24.1 Å².